The summed E-state index contributed by atoms with van der Waals surface area (Å²) in [6.07, 6.45) is -2.94. The SMILES string of the molecule is N=c1ncn([C@@H]2O[C@H](CO)[C@@H](O)[C@H]2O)c2nc(Br)[nH]c12. The normalized spacial score (nSPS) is 30.2. The summed E-state index contributed by atoms with van der Waals surface area (Å²) in [5, 5.41) is 36.6. The fraction of sp³-hybridized carbons (Fsp3) is 0.500. The van der Waals surface area contributed by atoms with Gasteiger partial charge in [-0.2, -0.15) is 0 Å². The van der Waals surface area contributed by atoms with Crippen LogP contribution in [0.2, 0.25) is 0 Å². The quantitative estimate of drug-likeness (QED) is 0.424. The molecule has 0 unspecified atom stereocenters. The Hall–Kier alpha value is -1.33. The number of aromatic amines is 1. The van der Waals surface area contributed by atoms with E-state index in [9.17, 15) is 10.2 Å². The third-order valence-corrected chi connectivity index (χ3v) is 3.62. The van der Waals surface area contributed by atoms with Crippen LogP contribution in [0.5, 0.6) is 0 Å². The maximum atomic E-state index is 10.0. The highest BCUT2D eigenvalue weighted by molar-refractivity contribution is 9.10. The number of nitrogens with one attached hydrogen (secondary N) is 2. The van der Waals surface area contributed by atoms with E-state index in [1.165, 1.54) is 10.9 Å². The third kappa shape index (κ3) is 1.96. The first-order valence-corrected chi connectivity index (χ1v) is 6.61. The van der Waals surface area contributed by atoms with Gasteiger partial charge in [-0.05, 0) is 15.9 Å². The fourth-order valence-corrected chi connectivity index (χ4v) is 2.59. The number of rotatable bonds is 2. The Morgan fingerprint density at radius 1 is 1.45 bits per heavy atom. The number of fused-ring (bicyclic) bond motifs is 1. The van der Waals surface area contributed by atoms with Gasteiger partial charge in [-0.1, -0.05) is 0 Å². The third-order valence-electron chi connectivity index (χ3n) is 3.24. The van der Waals surface area contributed by atoms with Crippen LogP contribution >= 0.6 is 15.9 Å². The smallest absolute Gasteiger partial charge is 0.177 e. The largest absolute Gasteiger partial charge is 0.394 e. The molecule has 1 saturated heterocycles. The van der Waals surface area contributed by atoms with Gasteiger partial charge in [-0.25, -0.2) is 9.97 Å². The molecule has 9 nitrogen and oxygen atoms in total. The van der Waals surface area contributed by atoms with Crippen molar-refractivity contribution in [3.05, 3.63) is 16.5 Å². The van der Waals surface area contributed by atoms with E-state index in [0.29, 0.717) is 15.9 Å². The average molecular weight is 346 g/mol. The molecular weight excluding hydrogens is 334 g/mol. The summed E-state index contributed by atoms with van der Waals surface area (Å²) < 4.78 is 7.25. The van der Waals surface area contributed by atoms with Crippen molar-refractivity contribution in [2.75, 3.05) is 6.61 Å². The second kappa shape index (κ2) is 4.90. The monoisotopic (exact) mass is 345 g/mol. The first kappa shape index (κ1) is 13.6. The number of aliphatic hydroxyl groups excluding tert-OH is 3. The van der Waals surface area contributed by atoms with E-state index in [-0.39, 0.29) is 5.49 Å². The van der Waals surface area contributed by atoms with Gasteiger partial charge in [-0.15, -0.1) is 0 Å². The standard InChI is InChI=1S/C10H12BrN5O4/c11-10-14-4-7(12)13-2-16(8(4)15-10)9-6(19)5(18)3(1-17)20-9/h2-3,5-6,9,12,17-19H,1H2,(H,14,15)/t3-,5-,6-,9-/m1/s1. The zero-order chi connectivity index (χ0) is 14.4. The first-order valence-electron chi connectivity index (χ1n) is 5.82. The molecule has 2 aromatic heterocycles. The molecule has 0 radical (unpaired) electrons. The molecule has 0 bridgehead atoms. The molecule has 108 valence electrons. The Morgan fingerprint density at radius 3 is 2.85 bits per heavy atom. The summed E-state index contributed by atoms with van der Waals surface area (Å²) >= 11 is 3.17. The second-order valence-electron chi connectivity index (χ2n) is 4.46. The van der Waals surface area contributed by atoms with Crippen molar-refractivity contribution in [3.63, 3.8) is 0 Å². The van der Waals surface area contributed by atoms with Gasteiger partial charge < -0.3 is 25.0 Å². The molecule has 1 aliphatic heterocycles. The van der Waals surface area contributed by atoms with Crippen molar-refractivity contribution in [1.82, 2.24) is 19.5 Å². The van der Waals surface area contributed by atoms with Crippen LogP contribution in [0, 0.1) is 5.41 Å². The number of hydrogen-bond acceptors (Lipinski definition) is 7. The predicted octanol–water partition coefficient (Wildman–Crippen LogP) is -1.39. The van der Waals surface area contributed by atoms with Crippen molar-refractivity contribution in [3.8, 4) is 0 Å². The Balaban J connectivity index is 2.11. The van der Waals surface area contributed by atoms with Gasteiger partial charge in [0.2, 0.25) is 0 Å². The zero-order valence-electron chi connectivity index (χ0n) is 10.1. The van der Waals surface area contributed by atoms with Crippen LogP contribution in [-0.2, 0) is 4.74 Å². The van der Waals surface area contributed by atoms with Crippen molar-refractivity contribution in [1.29, 1.82) is 5.41 Å². The lowest BCUT2D eigenvalue weighted by Gasteiger charge is -2.18. The molecule has 4 atom stereocenters. The molecular formula is C10H12BrN5O4. The average Bonchev–Trinajstić information content (AvgIpc) is 2.94. The van der Waals surface area contributed by atoms with Gasteiger partial charge in [0.05, 0.1) is 6.61 Å². The van der Waals surface area contributed by atoms with E-state index < -0.39 is 31.1 Å². The van der Waals surface area contributed by atoms with Crippen molar-refractivity contribution >= 4 is 27.1 Å². The van der Waals surface area contributed by atoms with Gasteiger partial charge in [0.1, 0.15) is 30.2 Å². The Bertz CT molecular complexity index is 701. The number of halogens is 1. The van der Waals surface area contributed by atoms with E-state index in [1.54, 1.807) is 0 Å². The van der Waals surface area contributed by atoms with Gasteiger partial charge in [0, 0.05) is 0 Å². The minimum atomic E-state index is -1.23. The molecule has 0 saturated carbocycles. The highest BCUT2D eigenvalue weighted by Crippen LogP contribution is 2.30. The summed E-state index contributed by atoms with van der Waals surface area (Å²) in [7, 11) is 0. The van der Waals surface area contributed by atoms with Gasteiger partial charge >= 0.3 is 0 Å². The van der Waals surface area contributed by atoms with E-state index >= 15 is 0 Å². The molecule has 3 heterocycles. The number of aliphatic hydroxyl groups is 3. The van der Waals surface area contributed by atoms with Gasteiger partial charge in [0.25, 0.3) is 0 Å². The lowest BCUT2D eigenvalue weighted by molar-refractivity contribution is -0.0515. The number of ether oxygens (including phenoxy) is 1. The summed E-state index contributed by atoms with van der Waals surface area (Å²) in [5.41, 5.74) is 0.727. The van der Waals surface area contributed by atoms with Crippen molar-refractivity contribution < 1.29 is 20.1 Å². The topological polar surface area (TPSA) is 140 Å². The fourth-order valence-electron chi connectivity index (χ4n) is 2.22. The lowest BCUT2D eigenvalue weighted by atomic mass is 10.1. The van der Waals surface area contributed by atoms with E-state index in [2.05, 4.69) is 30.9 Å². The first-order chi connectivity index (χ1) is 9.52. The van der Waals surface area contributed by atoms with Gasteiger partial charge in [-0.3, -0.25) is 9.98 Å². The van der Waals surface area contributed by atoms with E-state index in [4.69, 9.17) is 15.3 Å². The predicted molar refractivity (Wildman–Crippen MR) is 68.4 cm³/mol. The lowest BCUT2D eigenvalue weighted by Crippen LogP contribution is -2.33. The molecule has 1 fully saturated rings. The molecule has 10 heteroatoms. The second-order valence-corrected chi connectivity index (χ2v) is 5.21. The molecule has 0 spiro atoms. The Morgan fingerprint density at radius 2 is 2.20 bits per heavy atom. The highest BCUT2D eigenvalue weighted by atomic mass is 79.9. The van der Waals surface area contributed by atoms with Crippen molar-refractivity contribution in [2.45, 2.75) is 24.5 Å². The van der Waals surface area contributed by atoms with Crippen molar-refractivity contribution in [2.24, 2.45) is 0 Å². The van der Waals surface area contributed by atoms with Crippen LogP contribution in [-0.4, -0.2) is 59.8 Å². The molecule has 20 heavy (non-hydrogen) atoms. The number of hydrogen-bond donors (Lipinski definition) is 5. The summed E-state index contributed by atoms with van der Waals surface area (Å²) in [4.78, 5) is 10.9. The molecule has 0 aliphatic carbocycles. The maximum Gasteiger partial charge on any atom is 0.177 e. The summed E-state index contributed by atoms with van der Waals surface area (Å²) in [6, 6.07) is 0. The van der Waals surface area contributed by atoms with E-state index in [0.717, 1.165) is 0 Å². The minimum absolute atomic E-state index is 0.00110. The number of H-pyrrole nitrogens is 1. The highest BCUT2D eigenvalue weighted by Gasteiger charge is 2.43. The Kier molecular flexibility index (Phi) is 3.34. The summed E-state index contributed by atoms with van der Waals surface area (Å²) in [6.45, 7) is -0.410. The number of imidazole rings is 1. The molecule has 0 amide bonds. The van der Waals surface area contributed by atoms with Gasteiger partial charge in [0.15, 0.2) is 22.1 Å². The zero-order valence-corrected chi connectivity index (χ0v) is 11.6. The van der Waals surface area contributed by atoms with Crippen LogP contribution in [0.25, 0.3) is 11.2 Å². The van der Waals surface area contributed by atoms with Crippen LogP contribution in [0.1, 0.15) is 6.23 Å². The van der Waals surface area contributed by atoms with E-state index in [1.807, 2.05) is 0 Å². The molecule has 5 N–H and O–H groups in total. The van der Waals surface area contributed by atoms with Crippen LogP contribution in [0.4, 0.5) is 0 Å². The molecule has 3 rings (SSSR count). The number of aromatic nitrogens is 4. The summed E-state index contributed by atoms with van der Waals surface area (Å²) in [5.74, 6) is 0. The maximum absolute atomic E-state index is 10.0. The van der Waals surface area contributed by atoms with Crippen LogP contribution in [0.3, 0.4) is 0 Å². The van der Waals surface area contributed by atoms with Crippen LogP contribution in [0.15, 0.2) is 11.1 Å². The Labute approximate surface area is 120 Å². The van der Waals surface area contributed by atoms with Crippen LogP contribution < -0.4 is 5.49 Å². The molecule has 0 aromatic carbocycles. The minimum Gasteiger partial charge on any atom is -0.394 e. The number of nitrogens with zero attached hydrogens (tertiary/aromatic N) is 3. The molecule has 2 aromatic rings. The molecule has 1 aliphatic rings.